The van der Waals surface area contributed by atoms with Crippen molar-refractivity contribution in [2.75, 3.05) is 5.32 Å². The third-order valence-corrected chi connectivity index (χ3v) is 4.52. The number of thiazole rings is 1. The minimum absolute atomic E-state index is 0.146. The first-order chi connectivity index (χ1) is 11.7. The molecule has 0 unspecified atom stereocenters. The van der Waals surface area contributed by atoms with Crippen LogP contribution >= 0.6 is 11.3 Å². The number of aromatic nitrogens is 3. The van der Waals surface area contributed by atoms with Crippen LogP contribution in [0.25, 0.3) is 0 Å². The standard InChI is InChI=1S/C17H16N4O2S/c1-3-15-20-11(2)16(24-15)17(22)21-12-4-6-13(7-5-12)23-14-10-18-8-9-19-14/h4-10H,3H2,1-2H3,(H,21,22). The van der Waals surface area contributed by atoms with Crippen molar-refractivity contribution in [2.24, 2.45) is 0 Å². The number of carbonyl (C=O) groups excluding carboxylic acids is 1. The number of benzene rings is 1. The van der Waals surface area contributed by atoms with Crippen molar-refractivity contribution >= 4 is 22.9 Å². The molecule has 2 heterocycles. The van der Waals surface area contributed by atoms with Crippen molar-refractivity contribution in [1.82, 2.24) is 15.0 Å². The second kappa shape index (κ2) is 7.18. The van der Waals surface area contributed by atoms with Gasteiger partial charge in [0.05, 0.1) is 16.9 Å². The molecule has 0 fully saturated rings. The van der Waals surface area contributed by atoms with Crippen LogP contribution in [0.5, 0.6) is 11.6 Å². The van der Waals surface area contributed by atoms with Gasteiger partial charge in [0.2, 0.25) is 5.88 Å². The lowest BCUT2D eigenvalue weighted by Gasteiger charge is -2.06. The molecule has 0 saturated heterocycles. The molecule has 0 bridgehead atoms. The molecule has 0 aliphatic heterocycles. The van der Waals surface area contributed by atoms with E-state index < -0.39 is 0 Å². The van der Waals surface area contributed by atoms with Crippen molar-refractivity contribution in [3.63, 3.8) is 0 Å². The van der Waals surface area contributed by atoms with E-state index in [0.717, 1.165) is 17.1 Å². The Morgan fingerprint density at radius 2 is 2.04 bits per heavy atom. The van der Waals surface area contributed by atoms with Crippen molar-refractivity contribution in [3.8, 4) is 11.6 Å². The maximum absolute atomic E-state index is 12.3. The Kier molecular flexibility index (Phi) is 4.81. The van der Waals surface area contributed by atoms with E-state index in [1.54, 1.807) is 36.7 Å². The molecule has 0 saturated carbocycles. The van der Waals surface area contributed by atoms with Crippen LogP contribution < -0.4 is 10.1 Å². The molecule has 3 aromatic rings. The van der Waals surface area contributed by atoms with Gasteiger partial charge in [-0.25, -0.2) is 9.97 Å². The summed E-state index contributed by atoms with van der Waals surface area (Å²) in [4.78, 5) is 25.4. The maximum atomic E-state index is 12.3. The van der Waals surface area contributed by atoms with E-state index in [4.69, 9.17) is 4.74 Å². The minimum Gasteiger partial charge on any atom is -0.438 e. The minimum atomic E-state index is -0.146. The van der Waals surface area contributed by atoms with Gasteiger partial charge >= 0.3 is 0 Å². The highest BCUT2D eigenvalue weighted by molar-refractivity contribution is 7.13. The maximum Gasteiger partial charge on any atom is 0.267 e. The van der Waals surface area contributed by atoms with Gasteiger partial charge in [-0.3, -0.25) is 9.78 Å². The SMILES string of the molecule is CCc1nc(C)c(C(=O)Nc2ccc(Oc3cnccn3)cc2)s1. The fraction of sp³-hybridized carbons (Fsp3) is 0.176. The second-order valence-electron chi connectivity index (χ2n) is 5.00. The molecule has 6 nitrogen and oxygen atoms in total. The number of nitrogens with one attached hydrogen (secondary N) is 1. The molecule has 1 N–H and O–H groups in total. The van der Waals surface area contributed by atoms with E-state index in [0.29, 0.717) is 22.2 Å². The Bertz CT molecular complexity index is 832. The molecule has 0 aliphatic carbocycles. The van der Waals surface area contributed by atoms with Crippen molar-refractivity contribution in [3.05, 3.63) is 58.4 Å². The molecule has 0 radical (unpaired) electrons. The Morgan fingerprint density at radius 3 is 2.67 bits per heavy atom. The lowest BCUT2D eigenvalue weighted by atomic mass is 10.3. The zero-order valence-corrected chi connectivity index (χ0v) is 14.1. The van der Waals surface area contributed by atoms with Gasteiger partial charge in [-0.15, -0.1) is 11.3 Å². The Hall–Kier alpha value is -2.80. The van der Waals surface area contributed by atoms with Crippen LogP contribution in [0.15, 0.2) is 42.9 Å². The fourth-order valence-corrected chi connectivity index (χ4v) is 2.97. The highest BCUT2D eigenvalue weighted by Gasteiger charge is 2.14. The van der Waals surface area contributed by atoms with Crippen LogP contribution in [-0.2, 0) is 6.42 Å². The number of carbonyl (C=O) groups is 1. The van der Waals surface area contributed by atoms with Crippen molar-refractivity contribution in [2.45, 2.75) is 20.3 Å². The van der Waals surface area contributed by atoms with Crippen LogP contribution in [0.4, 0.5) is 5.69 Å². The average Bonchev–Trinajstić information content (AvgIpc) is 2.99. The zero-order chi connectivity index (χ0) is 16.9. The monoisotopic (exact) mass is 340 g/mol. The highest BCUT2D eigenvalue weighted by Crippen LogP contribution is 2.23. The smallest absolute Gasteiger partial charge is 0.267 e. The number of nitrogens with zero attached hydrogens (tertiary/aromatic N) is 3. The molecule has 0 aliphatic rings. The molecule has 1 amide bonds. The molecule has 122 valence electrons. The van der Waals surface area contributed by atoms with E-state index in [1.807, 2.05) is 13.8 Å². The summed E-state index contributed by atoms with van der Waals surface area (Å²) in [5.41, 5.74) is 1.45. The molecule has 0 spiro atoms. The summed E-state index contributed by atoms with van der Waals surface area (Å²) < 4.78 is 5.57. The molecular formula is C17H16N4O2S. The van der Waals surface area contributed by atoms with Gasteiger partial charge in [-0.1, -0.05) is 6.92 Å². The molecule has 2 aromatic heterocycles. The van der Waals surface area contributed by atoms with Crippen LogP contribution in [0.1, 0.15) is 27.3 Å². The predicted molar refractivity (Wildman–Crippen MR) is 92.7 cm³/mol. The third kappa shape index (κ3) is 3.75. The number of ether oxygens (including phenoxy) is 1. The summed E-state index contributed by atoms with van der Waals surface area (Å²) in [6.45, 7) is 3.87. The summed E-state index contributed by atoms with van der Waals surface area (Å²) in [5.74, 6) is 0.893. The van der Waals surface area contributed by atoms with Crippen LogP contribution in [0, 0.1) is 6.92 Å². The van der Waals surface area contributed by atoms with Gasteiger partial charge in [0.15, 0.2) is 0 Å². The Morgan fingerprint density at radius 1 is 1.25 bits per heavy atom. The van der Waals surface area contributed by atoms with Gasteiger partial charge in [0.25, 0.3) is 5.91 Å². The topological polar surface area (TPSA) is 77.0 Å². The molecule has 0 atom stereocenters. The Balaban J connectivity index is 1.67. The van der Waals surface area contributed by atoms with Gasteiger partial charge in [-0.05, 0) is 37.6 Å². The van der Waals surface area contributed by atoms with E-state index in [1.165, 1.54) is 17.5 Å². The largest absolute Gasteiger partial charge is 0.438 e. The third-order valence-electron chi connectivity index (χ3n) is 3.22. The second-order valence-corrected chi connectivity index (χ2v) is 6.08. The van der Waals surface area contributed by atoms with Crippen LogP contribution in [-0.4, -0.2) is 20.9 Å². The van der Waals surface area contributed by atoms with E-state index in [-0.39, 0.29) is 5.91 Å². The lowest BCUT2D eigenvalue weighted by molar-refractivity contribution is 0.103. The van der Waals surface area contributed by atoms with Crippen molar-refractivity contribution in [1.29, 1.82) is 0 Å². The number of rotatable bonds is 5. The predicted octanol–water partition coefficient (Wildman–Crippen LogP) is 3.85. The number of amides is 1. The summed E-state index contributed by atoms with van der Waals surface area (Å²) in [7, 11) is 0. The van der Waals surface area contributed by atoms with Crippen LogP contribution in [0.3, 0.4) is 0 Å². The Labute approximate surface area is 143 Å². The van der Waals surface area contributed by atoms with Crippen LogP contribution in [0.2, 0.25) is 0 Å². The molecule has 1 aromatic carbocycles. The highest BCUT2D eigenvalue weighted by atomic mass is 32.1. The van der Waals surface area contributed by atoms with Gasteiger partial charge in [0, 0.05) is 18.1 Å². The molecule has 3 rings (SSSR count). The molecular weight excluding hydrogens is 324 g/mol. The number of hydrogen-bond donors (Lipinski definition) is 1. The normalized spacial score (nSPS) is 10.4. The summed E-state index contributed by atoms with van der Waals surface area (Å²) in [6, 6.07) is 7.09. The van der Waals surface area contributed by atoms with E-state index in [9.17, 15) is 4.79 Å². The zero-order valence-electron chi connectivity index (χ0n) is 13.3. The first-order valence-electron chi connectivity index (χ1n) is 7.47. The number of aryl methyl sites for hydroxylation is 2. The lowest BCUT2D eigenvalue weighted by Crippen LogP contribution is -2.11. The average molecular weight is 340 g/mol. The van der Waals surface area contributed by atoms with E-state index >= 15 is 0 Å². The van der Waals surface area contributed by atoms with E-state index in [2.05, 4.69) is 20.3 Å². The summed E-state index contributed by atoms with van der Waals surface area (Å²) in [5, 5.41) is 3.84. The van der Waals surface area contributed by atoms with Crippen molar-refractivity contribution < 1.29 is 9.53 Å². The molecule has 7 heteroatoms. The quantitative estimate of drug-likeness (QED) is 0.763. The van der Waals surface area contributed by atoms with Gasteiger partial charge in [-0.2, -0.15) is 0 Å². The first-order valence-corrected chi connectivity index (χ1v) is 8.29. The molecule has 24 heavy (non-hydrogen) atoms. The van der Waals surface area contributed by atoms with Gasteiger partial charge in [0.1, 0.15) is 10.6 Å². The number of anilines is 1. The fourth-order valence-electron chi connectivity index (χ4n) is 2.07. The van der Waals surface area contributed by atoms with Gasteiger partial charge < -0.3 is 10.1 Å². The number of hydrogen-bond acceptors (Lipinski definition) is 6. The summed E-state index contributed by atoms with van der Waals surface area (Å²) >= 11 is 1.43. The first kappa shape index (κ1) is 16.1. The summed E-state index contributed by atoms with van der Waals surface area (Å²) in [6.07, 6.45) is 5.50.